The van der Waals surface area contributed by atoms with Crippen molar-refractivity contribution >= 4 is 11.4 Å². The lowest BCUT2D eigenvalue weighted by molar-refractivity contribution is 0.253. The molecule has 0 bridgehead atoms. The molecule has 94 valence electrons. The maximum absolute atomic E-state index is 6.17. The summed E-state index contributed by atoms with van der Waals surface area (Å²) in [5.41, 5.74) is 9.44. The van der Waals surface area contributed by atoms with E-state index in [2.05, 4.69) is 49.0 Å². The third-order valence-electron chi connectivity index (χ3n) is 3.92. The number of benzene rings is 1. The molecule has 2 rings (SSSR count). The van der Waals surface area contributed by atoms with Gasteiger partial charge in [-0.3, -0.25) is 0 Å². The van der Waals surface area contributed by atoms with E-state index in [0.29, 0.717) is 6.04 Å². The fourth-order valence-electron chi connectivity index (χ4n) is 2.55. The average molecular weight is 233 g/mol. The van der Waals surface area contributed by atoms with Gasteiger partial charge in [0, 0.05) is 13.1 Å². The first kappa shape index (κ1) is 12.2. The number of hydrogen-bond donors (Lipinski definition) is 1. The smallest absolute Gasteiger partial charge is 0.0602 e. The van der Waals surface area contributed by atoms with Gasteiger partial charge in [-0.1, -0.05) is 12.1 Å². The minimum absolute atomic E-state index is 0.621. The molecule has 3 heteroatoms. The number of anilines is 2. The highest BCUT2D eigenvalue weighted by Gasteiger charge is 2.21. The largest absolute Gasteiger partial charge is 0.397 e. The Bertz CT molecular complexity index is 381. The monoisotopic (exact) mass is 233 g/mol. The van der Waals surface area contributed by atoms with E-state index in [0.717, 1.165) is 5.69 Å². The van der Waals surface area contributed by atoms with Crippen LogP contribution in [0.1, 0.15) is 18.4 Å². The van der Waals surface area contributed by atoms with E-state index in [1.807, 2.05) is 0 Å². The SMILES string of the molecule is Cc1cccc(N(C)C2CCN(C)CC2)c1N. The molecule has 0 atom stereocenters. The molecule has 1 aliphatic rings. The average Bonchev–Trinajstić information content (AvgIpc) is 2.33. The molecule has 1 aliphatic heterocycles. The van der Waals surface area contributed by atoms with Gasteiger partial charge in [0.2, 0.25) is 0 Å². The number of likely N-dealkylation sites (tertiary alicyclic amines) is 1. The van der Waals surface area contributed by atoms with Gasteiger partial charge in [0.1, 0.15) is 0 Å². The molecule has 1 aromatic carbocycles. The molecular weight excluding hydrogens is 210 g/mol. The molecule has 1 aromatic rings. The van der Waals surface area contributed by atoms with Gasteiger partial charge in [0.15, 0.2) is 0 Å². The first-order valence-corrected chi connectivity index (χ1v) is 6.36. The molecule has 0 radical (unpaired) electrons. The van der Waals surface area contributed by atoms with Crippen LogP contribution in [0.3, 0.4) is 0 Å². The summed E-state index contributed by atoms with van der Waals surface area (Å²) >= 11 is 0. The van der Waals surface area contributed by atoms with E-state index in [-0.39, 0.29) is 0 Å². The van der Waals surface area contributed by atoms with Crippen molar-refractivity contribution in [3.8, 4) is 0 Å². The first-order valence-electron chi connectivity index (χ1n) is 6.36. The minimum atomic E-state index is 0.621. The van der Waals surface area contributed by atoms with Crippen LogP contribution in [0.5, 0.6) is 0 Å². The maximum atomic E-state index is 6.17. The van der Waals surface area contributed by atoms with Gasteiger partial charge in [-0.2, -0.15) is 0 Å². The van der Waals surface area contributed by atoms with E-state index in [4.69, 9.17) is 5.73 Å². The Kier molecular flexibility index (Phi) is 3.57. The van der Waals surface area contributed by atoms with Crippen LogP contribution >= 0.6 is 0 Å². The van der Waals surface area contributed by atoms with Crippen molar-refractivity contribution in [2.45, 2.75) is 25.8 Å². The fraction of sp³-hybridized carbons (Fsp3) is 0.571. The zero-order valence-corrected chi connectivity index (χ0v) is 11.1. The van der Waals surface area contributed by atoms with Gasteiger partial charge in [-0.05, 0) is 51.5 Å². The second-order valence-electron chi connectivity index (χ2n) is 5.15. The Balaban J connectivity index is 2.14. The molecule has 1 heterocycles. The van der Waals surface area contributed by atoms with Crippen LogP contribution in [0, 0.1) is 6.92 Å². The zero-order valence-electron chi connectivity index (χ0n) is 11.1. The van der Waals surface area contributed by atoms with Crippen LogP contribution in [0.25, 0.3) is 0 Å². The lowest BCUT2D eigenvalue weighted by atomic mass is 10.0. The summed E-state index contributed by atoms with van der Waals surface area (Å²) in [5, 5.41) is 0. The Labute approximate surface area is 104 Å². The summed E-state index contributed by atoms with van der Waals surface area (Å²) in [6.07, 6.45) is 2.45. The third-order valence-corrected chi connectivity index (χ3v) is 3.92. The zero-order chi connectivity index (χ0) is 12.4. The van der Waals surface area contributed by atoms with Gasteiger partial charge >= 0.3 is 0 Å². The molecule has 2 N–H and O–H groups in total. The van der Waals surface area contributed by atoms with Crippen LogP contribution in [0.4, 0.5) is 11.4 Å². The summed E-state index contributed by atoms with van der Waals surface area (Å²) in [4.78, 5) is 4.75. The van der Waals surface area contributed by atoms with Crippen molar-refractivity contribution in [3.63, 3.8) is 0 Å². The highest BCUT2D eigenvalue weighted by Crippen LogP contribution is 2.29. The van der Waals surface area contributed by atoms with Gasteiger partial charge in [-0.15, -0.1) is 0 Å². The van der Waals surface area contributed by atoms with E-state index >= 15 is 0 Å². The van der Waals surface area contributed by atoms with Crippen LogP contribution in [0.15, 0.2) is 18.2 Å². The number of nitrogens with zero attached hydrogens (tertiary/aromatic N) is 2. The van der Waals surface area contributed by atoms with Crippen LogP contribution in [0.2, 0.25) is 0 Å². The van der Waals surface area contributed by atoms with Crippen LogP contribution in [-0.2, 0) is 0 Å². The molecule has 0 aromatic heterocycles. The topological polar surface area (TPSA) is 32.5 Å². The van der Waals surface area contributed by atoms with Crippen molar-refractivity contribution in [2.24, 2.45) is 0 Å². The van der Waals surface area contributed by atoms with E-state index in [1.165, 1.54) is 37.2 Å². The summed E-state index contributed by atoms with van der Waals surface area (Å²) in [6.45, 7) is 4.43. The first-order chi connectivity index (χ1) is 8.09. The molecule has 1 fully saturated rings. The van der Waals surface area contributed by atoms with Crippen LogP contribution in [-0.4, -0.2) is 38.1 Å². The number of para-hydroxylation sites is 1. The van der Waals surface area contributed by atoms with E-state index < -0.39 is 0 Å². The Morgan fingerprint density at radius 3 is 2.59 bits per heavy atom. The predicted octanol–water partition coefficient (Wildman–Crippen LogP) is 2.11. The maximum Gasteiger partial charge on any atom is 0.0602 e. The third kappa shape index (κ3) is 2.55. The molecule has 0 aliphatic carbocycles. The number of piperidine rings is 1. The van der Waals surface area contributed by atoms with Crippen molar-refractivity contribution in [3.05, 3.63) is 23.8 Å². The van der Waals surface area contributed by atoms with E-state index in [9.17, 15) is 0 Å². The fourth-order valence-corrected chi connectivity index (χ4v) is 2.55. The number of nitrogens with two attached hydrogens (primary N) is 1. The predicted molar refractivity (Wildman–Crippen MR) is 74.5 cm³/mol. The molecule has 17 heavy (non-hydrogen) atoms. The van der Waals surface area contributed by atoms with Gasteiger partial charge in [0.25, 0.3) is 0 Å². The highest BCUT2D eigenvalue weighted by atomic mass is 15.2. The molecule has 3 nitrogen and oxygen atoms in total. The number of nitrogen functional groups attached to an aromatic ring is 1. The van der Waals surface area contributed by atoms with Crippen molar-refractivity contribution in [1.82, 2.24) is 4.90 Å². The second-order valence-corrected chi connectivity index (χ2v) is 5.15. The molecule has 0 amide bonds. The molecule has 0 spiro atoms. The molecule has 1 saturated heterocycles. The van der Waals surface area contributed by atoms with Crippen molar-refractivity contribution < 1.29 is 0 Å². The van der Waals surface area contributed by atoms with Crippen molar-refractivity contribution in [1.29, 1.82) is 0 Å². The standard InChI is InChI=1S/C14H23N3/c1-11-5-4-6-13(14(11)15)17(3)12-7-9-16(2)10-8-12/h4-6,12H,7-10,15H2,1-3H3. The minimum Gasteiger partial charge on any atom is -0.397 e. The normalized spacial score (nSPS) is 18.3. The molecule has 0 saturated carbocycles. The number of hydrogen-bond acceptors (Lipinski definition) is 3. The van der Waals surface area contributed by atoms with Gasteiger partial charge in [-0.25, -0.2) is 0 Å². The van der Waals surface area contributed by atoms with Gasteiger partial charge in [0.05, 0.1) is 11.4 Å². The van der Waals surface area contributed by atoms with Crippen molar-refractivity contribution in [2.75, 3.05) is 37.8 Å². The van der Waals surface area contributed by atoms with Crippen LogP contribution < -0.4 is 10.6 Å². The summed E-state index contributed by atoms with van der Waals surface area (Å²) in [5.74, 6) is 0. The molecular formula is C14H23N3. The summed E-state index contributed by atoms with van der Waals surface area (Å²) < 4.78 is 0. The Morgan fingerprint density at radius 1 is 1.29 bits per heavy atom. The Hall–Kier alpha value is -1.22. The molecule has 0 unspecified atom stereocenters. The second kappa shape index (κ2) is 4.96. The van der Waals surface area contributed by atoms with Gasteiger partial charge < -0.3 is 15.5 Å². The summed E-state index contributed by atoms with van der Waals surface area (Å²) in [6, 6.07) is 6.91. The lowest BCUT2D eigenvalue weighted by Gasteiger charge is -2.37. The Morgan fingerprint density at radius 2 is 1.94 bits per heavy atom. The lowest BCUT2D eigenvalue weighted by Crippen LogP contribution is -2.42. The summed E-state index contributed by atoms with van der Waals surface area (Å²) in [7, 11) is 4.36. The quantitative estimate of drug-likeness (QED) is 0.794. The highest BCUT2D eigenvalue weighted by molar-refractivity contribution is 5.71. The van der Waals surface area contributed by atoms with E-state index in [1.54, 1.807) is 0 Å². The number of rotatable bonds is 2. The number of aryl methyl sites for hydroxylation is 1.